The minimum absolute atomic E-state index is 0.0444. The van der Waals surface area contributed by atoms with Gasteiger partial charge in [-0.05, 0) is 61.2 Å². The number of aliphatic imine (C=N–C) groups is 1. The molecule has 1 saturated heterocycles. The summed E-state index contributed by atoms with van der Waals surface area (Å²) in [6.07, 6.45) is 3.27. The quantitative estimate of drug-likeness (QED) is 0.168. The maximum atomic E-state index is 11.6. The minimum atomic E-state index is -1.01. The molecule has 4 N–H and O–H groups in total. The predicted octanol–water partition coefficient (Wildman–Crippen LogP) is 6.82. The molecule has 2 fully saturated rings. The number of aromatic nitrogens is 3. The van der Waals surface area contributed by atoms with Crippen molar-refractivity contribution >= 4 is 46.1 Å². The third kappa shape index (κ3) is 4.72. The van der Waals surface area contributed by atoms with Gasteiger partial charge in [0.05, 0.1) is 39.7 Å². The Labute approximate surface area is 262 Å². The number of imidazole rings is 1. The Morgan fingerprint density at radius 1 is 0.956 bits per heavy atom. The van der Waals surface area contributed by atoms with Gasteiger partial charge in [-0.1, -0.05) is 60.3 Å². The Kier molecular flexibility index (Phi) is 6.42. The first-order valence-electron chi connectivity index (χ1n) is 14.7. The van der Waals surface area contributed by atoms with Crippen LogP contribution in [0.2, 0.25) is 0 Å². The number of para-hydroxylation sites is 1. The number of nitrogens with one attached hydrogen (secondary N) is 3. The third-order valence-electron chi connectivity index (χ3n) is 8.55. The summed E-state index contributed by atoms with van der Waals surface area (Å²) in [7, 11) is 0. The molecule has 45 heavy (non-hydrogen) atoms. The van der Waals surface area contributed by atoms with Crippen LogP contribution in [-0.2, 0) is 10.3 Å². The van der Waals surface area contributed by atoms with Crippen LogP contribution in [-0.4, -0.2) is 42.6 Å². The molecule has 1 aliphatic carbocycles. The largest absolute Gasteiger partial charge is 0.465 e. The van der Waals surface area contributed by atoms with Crippen molar-refractivity contribution in [3.8, 4) is 39.6 Å². The molecule has 0 radical (unpaired) electrons. The zero-order valence-electron chi connectivity index (χ0n) is 23.9. The summed E-state index contributed by atoms with van der Waals surface area (Å²) in [5.74, 6) is 1.82. The maximum absolute atomic E-state index is 11.6. The lowest BCUT2D eigenvalue weighted by atomic mass is 9.71. The molecule has 8 rings (SSSR count). The summed E-state index contributed by atoms with van der Waals surface area (Å²) < 4.78 is 2.15. The van der Waals surface area contributed by atoms with Crippen molar-refractivity contribution in [3.63, 3.8) is 0 Å². The van der Waals surface area contributed by atoms with Gasteiger partial charge >= 0.3 is 6.09 Å². The molecule has 222 valence electrons. The van der Waals surface area contributed by atoms with E-state index in [1.165, 1.54) is 11.8 Å². The molecular formula is C34H27N7O3S. The fraction of sp³-hybridized carbons (Fsp3) is 0.147. The van der Waals surface area contributed by atoms with E-state index < -0.39 is 11.6 Å². The van der Waals surface area contributed by atoms with Gasteiger partial charge in [0.2, 0.25) is 5.91 Å². The van der Waals surface area contributed by atoms with Crippen molar-refractivity contribution < 1.29 is 14.7 Å². The fourth-order valence-corrected chi connectivity index (χ4v) is 6.95. The van der Waals surface area contributed by atoms with E-state index in [4.69, 9.17) is 4.98 Å². The lowest BCUT2D eigenvalue weighted by Gasteiger charge is -2.42. The molecule has 2 aromatic heterocycles. The van der Waals surface area contributed by atoms with Crippen molar-refractivity contribution in [3.05, 3.63) is 96.7 Å². The smallest absolute Gasteiger partial charge is 0.405 e. The molecule has 4 heterocycles. The zero-order valence-corrected chi connectivity index (χ0v) is 24.8. The Balaban J connectivity index is 1.31. The van der Waals surface area contributed by atoms with Gasteiger partial charge in [-0.15, -0.1) is 0 Å². The number of hydrogen-bond donors (Lipinski definition) is 4. The van der Waals surface area contributed by atoms with Gasteiger partial charge in [0.25, 0.3) is 0 Å². The Hall–Kier alpha value is -5.42. The Morgan fingerprint density at radius 2 is 1.73 bits per heavy atom. The summed E-state index contributed by atoms with van der Waals surface area (Å²) >= 11 is 1.39. The van der Waals surface area contributed by atoms with Crippen LogP contribution in [0.5, 0.6) is 0 Å². The van der Waals surface area contributed by atoms with Crippen LogP contribution in [0.4, 0.5) is 22.0 Å². The molecule has 1 saturated carbocycles. The van der Waals surface area contributed by atoms with E-state index in [-0.39, 0.29) is 5.91 Å². The highest BCUT2D eigenvalue weighted by atomic mass is 32.2. The normalized spacial score (nSPS) is 16.8. The molecule has 5 aromatic rings. The molecule has 2 aliphatic heterocycles. The molecule has 0 bridgehead atoms. The fourth-order valence-electron chi connectivity index (χ4n) is 6.26. The Morgan fingerprint density at radius 3 is 2.44 bits per heavy atom. The third-order valence-corrected chi connectivity index (χ3v) is 9.42. The lowest BCUT2D eigenvalue weighted by molar-refractivity contribution is -0.116. The highest BCUT2D eigenvalue weighted by Crippen LogP contribution is 2.46. The molecule has 11 heteroatoms. The highest BCUT2D eigenvalue weighted by molar-refractivity contribution is 8.15. The topological polar surface area (TPSA) is 134 Å². The van der Waals surface area contributed by atoms with E-state index in [9.17, 15) is 14.7 Å². The van der Waals surface area contributed by atoms with Gasteiger partial charge in [0.1, 0.15) is 5.82 Å². The minimum Gasteiger partial charge on any atom is -0.465 e. The van der Waals surface area contributed by atoms with Crippen LogP contribution in [0.15, 0.2) is 96.1 Å². The van der Waals surface area contributed by atoms with Crippen LogP contribution in [0.1, 0.15) is 24.8 Å². The summed E-state index contributed by atoms with van der Waals surface area (Å²) in [6, 6.07) is 28.0. The van der Waals surface area contributed by atoms with Crippen LogP contribution >= 0.6 is 11.8 Å². The number of anilines is 2. The summed E-state index contributed by atoms with van der Waals surface area (Å²) in [4.78, 5) is 37.8. The van der Waals surface area contributed by atoms with Gasteiger partial charge in [-0.3, -0.25) is 9.36 Å². The predicted molar refractivity (Wildman–Crippen MR) is 175 cm³/mol. The van der Waals surface area contributed by atoms with Crippen LogP contribution < -0.4 is 16.0 Å². The number of pyridine rings is 1. The second-order valence-electron chi connectivity index (χ2n) is 11.3. The number of benzene rings is 3. The first-order valence-corrected chi connectivity index (χ1v) is 15.6. The monoisotopic (exact) mass is 613 g/mol. The number of fused-ring (bicyclic) bond motifs is 5. The van der Waals surface area contributed by atoms with Gasteiger partial charge in [0.15, 0.2) is 11.0 Å². The number of hydrogen-bond acceptors (Lipinski definition) is 7. The average molecular weight is 614 g/mol. The van der Waals surface area contributed by atoms with Crippen molar-refractivity contribution in [2.24, 2.45) is 4.99 Å². The van der Waals surface area contributed by atoms with Crippen molar-refractivity contribution in [1.82, 2.24) is 25.2 Å². The van der Waals surface area contributed by atoms with Crippen molar-refractivity contribution in [2.45, 2.75) is 24.8 Å². The van der Waals surface area contributed by atoms with Crippen LogP contribution in [0.3, 0.4) is 0 Å². The summed E-state index contributed by atoms with van der Waals surface area (Å²) in [5.41, 5.74) is 7.34. The van der Waals surface area contributed by atoms with E-state index in [2.05, 4.69) is 30.5 Å². The molecule has 3 aromatic carbocycles. The molecule has 10 nitrogen and oxygen atoms in total. The van der Waals surface area contributed by atoms with Gasteiger partial charge < -0.3 is 21.1 Å². The molecule has 0 atom stereocenters. The van der Waals surface area contributed by atoms with Gasteiger partial charge in [-0.2, -0.15) is 0 Å². The first kappa shape index (κ1) is 27.2. The van der Waals surface area contributed by atoms with E-state index in [0.29, 0.717) is 16.7 Å². The standard InChI is InChI=1S/C34H27N7O3S/c42-27-19-45-32(38-27)36-23-14-10-20(11-15-23)28-29(21-8-12-22(13-9-21)34(16-4-17-34)40-33(43)44)41-26-7-3-18-35-30(26)37-25-6-2-1-5-24(25)31(41)39-28/h1-3,5-15,18,40H,4,16-17,19H2,(H,35,37)(H,43,44)(H,36,38,42). The molecule has 2 amide bonds. The van der Waals surface area contributed by atoms with E-state index in [0.717, 1.165) is 75.8 Å². The van der Waals surface area contributed by atoms with Crippen LogP contribution in [0.25, 0.3) is 39.6 Å². The first-order chi connectivity index (χ1) is 22.0. The molecule has 0 spiro atoms. The number of thioether (sulfide) groups is 1. The highest BCUT2D eigenvalue weighted by Gasteiger charge is 2.40. The summed E-state index contributed by atoms with van der Waals surface area (Å²) in [5, 5.41) is 19.2. The number of rotatable bonds is 5. The number of carbonyl (C=O) groups is 2. The van der Waals surface area contributed by atoms with Crippen molar-refractivity contribution in [1.29, 1.82) is 0 Å². The molecule has 0 unspecified atom stereocenters. The average Bonchev–Trinajstić information content (AvgIpc) is 3.60. The van der Waals surface area contributed by atoms with Gasteiger partial charge in [-0.25, -0.2) is 19.8 Å². The molecule has 3 aliphatic rings. The number of amidine groups is 1. The second kappa shape index (κ2) is 10.6. The number of amides is 2. The summed E-state index contributed by atoms with van der Waals surface area (Å²) in [6.45, 7) is 0. The molecular weight excluding hydrogens is 586 g/mol. The SMILES string of the molecule is O=C(O)NC1(c2ccc(-c3c(-c4ccc(N=C5NC(=O)CS5)cc4)nc4n3-c3cccnc3Nc3ccccc3-4)cc2)CCC1. The van der Waals surface area contributed by atoms with Crippen molar-refractivity contribution in [2.75, 3.05) is 11.1 Å². The van der Waals surface area contributed by atoms with E-state index in [1.807, 2.05) is 84.9 Å². The van der Waals surface area contributed by atoms with E-state index >= 15 is 0 Å². The lowest BCUT2D eigenvalue weighted by Crippen LogP contribution is -2.50. The number of carboxylic acid groups (broad SMARTS) is 1. The number of carbonyl (C=O) groups excluding carboxylic acids is 1. The maximum Gasteiger partial charge on any atom is 0.405 e. The zero-order chi connectivity index (χ0) is 30.5. The van der Waals surface area contributed by atoms with Gasteiger partial charge in [0, 0.05) is 22.9 Å². The van der Waals surface area contributed by atoms with Crippen LogP contribution in [0, 0.1) is 0 Å². The van der Waals surface area contributed by atoms with E-state index in [1.54, 1.807) is 6.20 Å². The number of nitrogens with zero attached hydrogens (tertiary/aromatic N) is 4. The Bertz CT molecular complexity index is 2010. The second-order valence-corrected chi connectivity index (χ2v) is 12.2.